The van der Waals surface area contributed by atoms with Crippen LogP contribution in [-0.2, 0) is 16.1 Å². The van der Waals surface area contributed by atoms with E-state index >= 15 is 0 Å². The number of nitrogens with one attached hydrogen (secondary N) is 2. The fraction of sp³-hybridized carbons (Fsp3) is 0.200. The highest BCUT2D eigenvalue weighted by Gasteiger charge is 2.30. The smallest absolute Gasteiger partial charge is 0.337 e. The number of anilines is 2. The van der Waals surface area contributed by atoms with E-state index in [2.05, 4.69) is 41.5 Å². The van der Waals surface area contributed by atoms with Gasteiger partial charge in [-0.15, -0.1) is 0 Å². The van der Waals surface area contributed by atoms with Crippen LogP contribution in [0.5, 0.6) is 11.5 Å². The van der Waals surface area contributed by atoms with Gasteiger partial charge in [0.2, 0.25) is 0 Å². The number of fused-ring (bicyclic) bond motifs is 2. The third kappa shape index (κ3) is 4.99. The molecule has 0 saturated heterocycles. The van der Waals surface area contributed by atoms with Crippen LogP contribution in [0.2, 0.25) is 0 Å². The average molecular weight is 512 g/mol. The predicted octanol–water partition coefficient (Wildman–Crippen LogP) is 5.49. The Morgan fingerprint density at radius 1 is 0.921 bits per heavy atom. The summed E-state index contributed by atoms with van der Waals surface area (Å²) in [6, 6.07) is 18.7. The Morgan fingerprint density at radius 2 is 1.63 bits per heavy atom. The Bertz CT molecular complexity index is 1440. The van der Waals surface area contributed by atoms with Crippen molar-refractivity contribution in [2.75, 3.05) is 30.8 Å². The molecule has 0 atom stereocenters. The molecule has 0 aromatic heterocycles. The molecule has 8 heteroatoms. The van der Waals surface area contributed by atoms with E-state index in [0.717, 1.165) is 30.9 Å². The van der Waals surface area contributed by atoms with E-state index in [1.54, 1.807) is 24.3 Å². The lowest BCUT2D eigenvalue weighted by atomic mass is 9.98. The molecule has 38 heavy (non-hydrogen) atoms. The molecule has 3 aromatic carbocycles. The molecule has 2 aliphatic heterocycles. The van der Waals surface area contributed by atoms with Crippen LogP contribution in [0.4, 0.5) is 11.4 Å². The summed E-state index contributed by atoms with van der Waals surface area (Å²) in [5, 5.41) is 6.36. The molecular formula is C30H29N3O5. The highest BCUT2D eigenvalue weighted by molar-refractivity contribution is 6.37. The first kappa shape index (κ1) is 25.1. The fourth-order valence-corrected chi connectivity index (χ4v) is 4.54. The van der Waals surface area contributed by atoms with Crippen LogP contribution in [-0.4, -0.2) is 37.0 Å². The predicted molar refractivity (Wildman–Crippen MR) is 147 cm³/mol. The molecule has 194 valence electrons. The van der Waals surface area contributed by atoms with Crippen LogP contribution < -0.4 is 20.1 Å². The number of nitrogens with zero attached hydrogens (tertiary/aromatic N) is 1. The molecule has 0 radical (unpaired) electrons. The highest BCUT2D eigenvalue weighted by Crippen LogP contribution is 2.40. The van der Waals surface area contributed by atoms with Crippen LogP contribution in [0.25, 0.3) is 11.3 Å². The van der Waals surface area contributed by atoms with Crippen molar-refractivity contribution in [3.05, 3.63) is 95.4 Å². The van der Waals surface area contributed by atoms with Crippen molar-refractivity contribution in [2.45, 2.75) is 20.4 Å². The van der Waals surface area contributed by atoms with E-state index in [-0.39, 0.29) is 5.91 Å². The summed E-state index contributed by atoms with van der Waals surface area (Å²) in [7, 11) is 1.33. The second kappa shape index (κ2) is 10.8. The molecule has 2 N–H and O–H groups in total. The third-order valence-electron chi connectivity index (χ3n) is 6.64. The zero-order valence-corrected chi connectivity index (χ0v) is 21.5. The number of hydrogen-bond acceptors (Lipinski definition) is 7. The maximum atomic E-state index is 13.3. The standard InChI is InChI=1S/C30H29N3O5/c1-4-33(5-2)18-19-6-10-22(11-7-19)31-28(20-9-13-25-26(17-20)38-15-14-37-25)27-23-12-8-21(30(35)36-3)16-24(23)32-29(27)34/h6-17,31H,4-5,18H2,1-3H3,(H,32,34)/b28-27-. The first-order valence-corrected chi connectivity index (χ1v) is 12.5. The zero-order chi connectivity index (χ0) is 26.6. The molecule has 0 spiro atoms. The van der Waals surface area contributed by atoms with E-state index < -0.39 is 5.97 Å². The van der Waals surface area contributed by atoms with Gasteiger partial charge in [-0.1, -0.05) is 32.0 Å². The first-order chi connectivity index (χ1) is 18.5. The highest BCUT2D eigenvalue weighted by atomic mass is 16.5. The van der Waals surface area contributed by atoms with Gasteiger partial charge in [-0.3, -0.25) is 9.69 Å². The molecule has 3 aromatic rings. The van der Waals surface area contributed by atoms with Crippen molar-refractivity contribution in [3.8, 4) is 11.5 Å². The average Bonchev–Trinajstić information content (AvgIpc) is 3.29. The van der Waals surface area contributed by atoms with Crippen molar-refractivity contribution in [3.63, 3.8) is 0 Å². The van der Waals surface area contributed by atoms with Gasteiger partial charge in [-0.25, -0.2) is 4.79 Å². The number of rotatable bonds is 8. The molecule has 0 aliphatic carbocycles. The second-order valence-corrected chi connectivity index (χ2v) is 8.91. The summed E-state index contributed by atoms with van der Waals surface area (Å²) in [5.74, 6) is 0.375. The number of methoxy groups -OCH3 is 1. The Hall–Kier alpha value is -4.56. The fourth-order valence-electron chi connectivity index (χ4n) is 4.54. The van der Waals surface area contributed by atoms with Gasteiger partial charge < -0.3 is 24.8 Å². The van der Waals surface area contributed by atoms with E-state index in [1.807, 2.05) is 24.3 Å². The van der Waals surface area contributed by atoms with Crippen LogP contribution >= 0.6 is 0 Å². The number of esters is 1. The molecule has 2 aliphatic rings. The van der Waals surface area contributed by atoms with E-state index in [9.17, 15) is 9.59 Å². The van der Waals surface area contributed by atoms with Crippen LogP contribution in [0.3, 0.4) is 0 Å². The van der Waals surface area contributed by atoms with Crippen molar-refractivity contribution in [1.82, 2.24) is 4.90 Å². The summed E-state index contributed by atoms with van der Waals surface area (Å²) in [6.45, 7) is 7.14. The molecule has 1 amide bonds. The minimum Gasteiger partial charge on any atom is -0.465 e. The van der Waals surface area contributed by atoms with Crippen LogP contribution in [0.1, 0.15) is 40.9 Å². The first-order valence-electron chi connectivity index (χ1n) is 12.5. The number of amides is 1. The monoisotopic (exact) mass is 511 g/mol. The quantitative estimate of drug-likeness (QED) is 0.305. The minimum atomic E-state index is -0.470. The van der Waals surface area contributed by atoms with Crippen molar-refractivity contribution >= 4 is 34.5 Å². The van der Waals surface area contributed by atoms with Gasteiger partial charge in [-0.2, -0.15) is 0 Å². The largest absolute Gasteiger partial charge is 0.465 e. The van der Waals surface area contributed by atoms with Crippen molar-refractivity contribution in [1.29, 1.82) is 0 Å². The Morgan fingerprint density at radius 3 is 2.34 bits per heavy atom. The van der Waals surface area contributed by atoms with Gasteiger partial charge in [-0.05, 0) is 61.1 Å². The second-order valence-electron chi connectivity index (χ2n) is 8.91. The van der Waals surface area contributed by atoms with Crippen LogP contribution in [0, 0.1) is 0 Å². The molecular weight excluding hydrogens is 482 g/mol. The molecule has 0 fully saturated rings. The maximum Gasteiger partial charge on any atom is 0.337 e. The van der Waals surface area contributed by atoms with E-state index in [0.29, 0.717) is 39.6 Å². The summed E-state index contributed by atoms with van der Waals surface area (Å²) in [5.41, 5.74) is 5.42. The van der Waals surface area contributed by atoms with Gasteiger partial charge in [0.25, 0.3) is 5.91 Å². The normalized spacial score (nSPS) is 14.7. The maximum absolute atomic E-state index is 13.3. The van der Waals surface area contributed by atoms with Crippen molar-refractivity contribution in [2.24, 2.45) is 0 Å². The molecule has 0 bridgehead atoms. The Labute approximate surface area is 221 Å². The van der Waals surface area contributed by atoms with E-state index in [1.165, 1.54) is 25.2 Å². The number of ether oxygens (including phenoxy) is 3. The molecule has 0 unspecified atom stereocenters. The lowest BCUT2D eigenvalue weighted by molar-refractivity contribution is -0.110. The number of hydrogen-bond donors (Lipinski definition) is 2. The van der Waals surface area contributed by atoms with Gasteiger partial charge in [0.1, 0.15) is 12.5 Å². The van der Waals surface area contributed by atoms with Crippen molar-refractivity contribution < 1.29 is 23.8 Å². The number of benzene rings is 3. The summed E-state index contributed by atoms with van der Waals surface area (Å²) in [4.78, 5) is 27.7. The topological polar surface area (TPSA) is 89.1 Å². The minimum absolute atomic E-state index is 0.280. The lowest BCUT2D eigenvalue weighted by Crippen LogP contribution is -2.22. The summed E-state index contributed by atoms with van der Waals surface area (Å²) in [6.07, 6.45) is 2.94. The summed E-state index contributed by atoms with van der Waals surface area (Å²) < 4.78 is 16.0. The Kier molecular flexibility index (Phi) is 7.15. The lowest BCUT2D eigenvalue weighted by Gasteiger charge is -2.19. The molecule has 0 saturated carbocycles. The SMILES string of the molecule is CCN(CC)Cc1ccc(N/C(=C2\C(=O)Nc3cc(C(=O)OC)ccc32)c2ccc3c(c2)OC=CO3)cc1. The van der Waals surface area contributed by atoms with Gasteiger partial charge in [0.15, 0.2) is 11.5 Å². The van der Waals surface area contributed by atoms with Crippen LogP contribution in [0.15, 0.2) is 73.2 Å². The number of carbonyl (C=O) groups is 2. The number of carbonyl (C=O) groups excluding carboxylic acids is 2. The van der Waals surface area contributed by atoms with Gasteiger partial charge in [0, 0.05) is 23.4 Å². The summed E-state index contributed by atoms with van der Waals surface area (Å²) >= 11 is 0. The van der Waals surface area contributed by atoms with Gasteiger partial charge in [0.05, 0.1) is 29.6 Å². The molecule has 8 nitrogen and oxygen atoms in total. The Balaban J connectivity index is 1.57. The zero-order valence-electron chi connectivity index (χ0n) is 21.5. The molecule has 2 heterocycles. The molecule has 5 rings (SSSR count). The van der Waals surface area contributed by atoms with Gasteiger partial charge >= 0.3 is 5.97 Å². The third-order valence-corrected chi connectivity index (χ3v) is 6.64. The van der Waals surface area contributed by atoms with E-state index in [4.69, 9.17) is 14.2 Å².